The van der Waals surface area contributed by atoms with Gasteiger partial charge >= 0.3 is 0 Å². The summed E-state index contributed by atoms with van der Waals surface area (Å²) < 4.78 is 1.68. The first-order chi connectivity index (χ1) is 14.4. The van der Waals surface area contributed by atoms with E-state index in [1.165, 1.54) is 0 Å². The zero-order chi connectivity index (χ0) is 21.3. The summed E-state index contributed by atoms with van der Waals surface area (Å²) in [5.74, 6) is 0.0366. The van der Waals surface area contributed by atoms with Gasteiger partial charge in [0.25, 0.3) is 11.5 Å². The molecule has 0 saturated carbocycles. The molecule has 30 heavy (non-hydrogen) atoms. The molecular weight excluding hydrogens is 376 g/mol. The molecule has 1 unspecified atom stereocenters. The third-order valence-corrected chi connectivity index (χ3v) is 5.91. The van der Waals surface area contributed by atoms with Crippen LogP contribution in [-0.4, -0.2) is 28.5 Å². The number of aromatic nitrogens is 2. The van der Waals surface area contributed by atoms with Gasteiger partial charge in [-0.1, -0.05) is 6.07 Å². The Morgan fingerprint density at radius 2 is 2.00 bits per heavy atom. The Hall–Kier alpha value is -2.99. The van der Waals surface area contributed by atoms with Gasteiger partial charge in [-0.15, -0.1) is 0 Å². The Labute approximate surface area is 176 Å². The van der Waals surface area contributed by atoms with Crippen molar-refractivity contribution >= 4 is 22.5 Å². The second kappa shape index (κ2) is 8.40. The molecule has 1 amide bonds. The van der Waals surface area contributed by atoms with Crippen LogP contribution in [0.4, 0.5) is 5.69 Å². The van der Waals surface area contributed by atoms with E-state index >= 15 is 0 Å². The third kappa shape index (κ3) is 4.00. The first-order valence-electron chi connectivity index (χ1n) is 10.5. The van der Waals surface area contributed by atoms with Crippen LogP contribution < -0.4 is 16.2 Å². The fraction of sp³-hybridized carbons (Fsp3) is 0.375. The van der Waals surface area contributed by atoms with Crippen molar-refractivity contribution in [1.82, 2.24) is 14.9 Å². The molecule has 6 nitrogen and oxygen atoms in total. The van der Waals surface area contributed by atoms with Crippen molar-refractivity contribution in [2.75, 3.05) is 18.4 Å². The van der Waals surface area contributed by atoms with Crippen LogP contribution in [0, 0.1) is 26.7 Å². The van der Waals surface area contributed by atoms with Crippen LogP contribution in [0.15, 0.2) is 41.3 Å². The molecule has 1 aliphatic heterocycles. The van der Waals surface area contributed by atoms with E-state index in [0.717, 1.165) is 48.1 Å². The number of benzene rings is 1. The van der Waals surface area contributed by atoms with Gasteiger partial charge in [0.2, 0.25) is 0 Å². The van der Waals surface area contributed by atoms with Crippen molar-refractivity contribution in [3.63, 3.8) is 0 Å². The molecule has 2 N–H and O–H groups in total. The molecule has 3 heterocycles. The number of piperidine rings is 1. The van der Waals surface area contributed by atoms with Gasteiger partial charge in [0.15, 0.2) is 0 Å². The molecule has 1 aromatic carbocycles. The number of pyridine rings is 2. The molecule has 0 spiro atoms. The summed E-state index contributed by atoms with van der Waals surface area (Å²) in [6.45, 7) is 8.26. The molecule has 1 fully saturated rings. The van der Waals surface area contributed by atoms with E-state index in [0.29, 0.717) is 23.7 Å². The number of hydrogen-bond donors (Lipinski definition) is 2. The normalized spacial score (nSPS) is 16.6. The van der Waals surface area contributed by atoms with E-state index in [2.05, 4.69) is 15.6 Å². The molecule has 0 bridgehead atoms. The van der Waals surface area contributed by atoms with Crippen molar-refractivity contribution < 1.29 is 4.79 Å². The predicted molar refractivity (Wildman–Crippen MR) is 120 cm³/mol. The lowest BCUT2D eigenvalue weighted by atomic mass is 9.99. The minimum Gasteiger partial charge on any atom is -0.321 e. The zero-order valence-corrected chi connectivity index (χ0v) is 17.8. The molecule has 6 heteroatoms. The monoisotopic (exact) mass is 404 g/mol. The fourth-order valence-corrected chi connectivity index (χ4v) is 4.20. The van der Waals surface area contributed by atoms with Gasteiger partial charge in [-0.3, -0.25) is 14.6 Å². The Morgan fingerprint density at radius 3 is 2.77 bits per heavy atom. The summed E-state index contributed by atoms with van der Waals surface area (Å²) in [4.78, 5) is 30.9. The lowest BCUT2D eigenvalue weighted by Gasteiger charge is -2.23. The van der Waals surface area contributed by atoms with Gasteiger partial charge in [-0.2, -0.15) is 0 Å². The van der Waals surface area contributed by atoms with Crippen LogP contribution in [0.2, 0.25) is 0 Å². The number of rotatable bonds is 4. The van der Waals surface area contributed by atoms with E-state index in [-0.39, 0.29) is 17.0 Å². The first-order valence-corrected chi connectivity index (χ1v) is 10.5. The SMILES string of the molecule is Cc1ccc2c(NC(=O)c3c(C)ccn(CC4CCCNC4)c3=O)c(C)ccc2n1. The molecule has 2 aromatic heterocycles. The number of carbonyl (C=O) groups is 1. The van der Waals surface area contributed by atoms with Gasteiger partial charge < -0.3 is 15.2 Å². The Balaban J connectivity index is 1.67. The van der Waals surface area contributed by atoms with Gasteiger partial charge in [0, 0.05) is 23.8 Å². The largest absolute Gasteiger partial charge is 0.321 e. The van der Waals surface area contributed by atoms with Gasteiger partial charge in [0.05, 0.1) is 11.2 Å². The molecule has 3 aromatic rings. The second-order valence-corrected chi connectivity index (χ2v) is 8.27. The molecule has 156 valence electrons. The van der Waals surface area contributed by atoms with Crippen molar-refractivity contribution in [2.24, 2.45) is 5.92 Å². The van der Waals surface area contributed by atoms with Gasteiger partial charge in [0.1, 0.15) is 5.56 Å². The van der Waals surface area contributed by atoms with Crippen LogP contribution in [0.3, 0.4) is 0 Å². The van der Waals surface area contributed by atoms with Gasteiger partial charge in [-0.05, 0) is 88.0 Å². The van der Waals surface area contributed by atoms with Crippen LogP contribution in [-0.2, 0) is 6.54 Å². The molecular formula is C24H28N4O2. The number of hydrogen-bond acceptors (Lipinski definition) is 4. The summed E-state index contributed by atoms with van der Waals surface area (Å²) in [6.07, 6.45) is 4.02. The smallest absolute Gasteiger partial charge is 0.263 e. The summed E-state index contributed by atoms with van der Waals surface area (Å²) in [5, 5.41) is 7.25. The third-order valence-electron chi connectivity index (χ3n) is 5.91. The summed E-state index contributed by atoms with van der Waals surface area (Å²) in [6, 6.07) is 9.64. The molecule has 0 radical (unpaired) electrons. The maximum atomic E-state index is 13.2. The zero-order valence-electron chi connectivity index (χ0n) is 17.8. The molecule has 4 rings (SSSR count). The number of aryl methyl sites for hydroxylation is 3. The molecule has 1 saturated heterocycles. The predicted octanol–water partition coefficient (Wildman–Crippen LogP) is 3.57. The van der Waals surface area contributed by atoms with Crippen LogP contribution in [0.5, 0.6) is 0 Å². The standard InChI is InChI=1S/C24H28N4O2/c1-15-10-12-28(14-18-5-4-11-25-13-18)24(30)21(15)23(29)27-22-16(2)6-9-20-19(22)8-7-17(3)26-20/h6-10,12,18,25H,4-5,11,13-14H2,1-3H3,(H,27,29). The highest BCUT2D eigenvalue weighted by atomic mass is 16.2. The van der Waals surface area contributed by atoms with E-state index in [9.17, 15) is 9.59 Å². The van der Waals surface area contributed by atoms with E-state index in [4.69, 9.17) is 0 Å². The minimum absolute atomic E-state index is 0.206. The Kier molecular flexibility index (Phi) is 5.68. The minimum atomic E-state index is -0.371. The van der Waals surface area contributed by atoms with Crippen LogP contribution >= 0.6 is 0 Å². The lowest BCUT2D eigenvalue weighted by molar-refractivity contribution is 0.102. The fourth-order valence-electron chi connectivity index (χ4n) is 4.20. The van der Waals surface area contributed by atoms with E-state index in [1.807, 2.05) is 51.1 Å². The summed E-state index contributed by atoms with van der Waals surface area (Å²) in [5.41, 5.74) is 4.04. The van der Waals surface area contributed by atoms with Crippen molar-refractivity contribution in [2.45, 2.75) is 40.2 Å². The maximum absolute atomic E-state index is 13.2. The molecule has 0 aliphatic carbocycles. The van der Waals surface area contributed by atoms with Crippen LogP contribution in [0.1, 0.15) is 40.0 Å². The number of carbonyl (C=O) groups excluding carboxylic acids is 1. The number of fused-ring (bicyclic) bond motifs is 1. The highest BCUT2D eigenvalue weighted by Crippen LogP contribution is 2.27. The van der Waals surface area contributed by atoms with Crippen molar-refractivity contribution in [3.8, 4) is 0 Å². The highest BCUT2D eigenvalue weighted by molar-refractivity contribution is 6.10. The summed E-state index contributed by atoms with van der Waals surface area (Å²) in [7, 11) is 0. The molecule has 1 atom stereocenters. The number of amides is 1. The Bertz CT molecular complexity index is 1160. The Morgan fingerprint density at radius 1 is 1.17 bits per heavy atom. The van der Waals surface area contributed by atoms with E-state index < -0.39 is 0 Å². The number of anilines is 1. The number of nitrogens with one attached hydrogen (secondary N) is 2. The molecule has 1 aliphatic rings. The highest BCUT2D eigenvalue weighted by Gasteiger charge is 2.20. The van der Waals surface area contributed by atoms with Crippen molar-refractivity contribution in [3.05, 3.63) is 69.3 Å². The topological polar surface area (TPSA) is 76.0 Å². The second-order valence-electron chi connectivity index (χ2n) is 8.27. The van der Waals surface area contributed by atoms with Gasteiger partial charge in [-0.25, -0.2) is 0 Å². The van der Waals surface area contributed by atoms with Crippen molar-refractivity contribution in [1.29, 1.82) is 0 Å². The average molecular weight is 405 g/mol. The quantitative estimate of drug-likeness (QED) is 0.697. The maximum Gasteiger partial charge on any atom is 0.263 e. The van der Waals surface area contributed by atoms with E-state index in [1.54, 1.807) is 10.8 Å². The summed E-state index contributed by atoms with van der Waals surface area (Å²) >= 11 is 0. The number of nitrogens with zero attached hydrogens (tertiary/aromatic N) is 2. The lowest BCUT2D eigenvalue weighted by Crippen LogP contribution is -2.36. The average Bonchev–Trinajstić information content (AvgIpc) is 2.73. The van der Waals surface area contributed by atoms with Crippen LogP contribution in [0.25, 0.3) is 10.9 Å². The first kappa shape index (κ1) is 20.3.